The maximum atomic E-state index is 12.1. The number of aromatic nitrogens is 2. The van der Waals surface area contributed by atoms with E-state index in [1.54, 1.807) is 16.9 Å². The Hall–Kier alpha value is -2.73. The van der Waals surface area contributed by atoms with Gasteiger partial charge in [-0.05, 0) is 41.4 Å². The van der Waals surface area contributed by atoms with Crippen molar-refractivity contribution < 1.29 is 9.21 Å². The first-order valence-electron chi connectivity index (χ1n) is 7.38. The molecule has 0 aliphatic carbocycles. The lowest BCUT2D eigenvalue weighted by atomic mass is 10.2. The van der Waals surface area contributed by atoms with Gasteiger partial charge in [-0.2, -0.15) is 5.10 Å². The van der Waals surface area contributed by atoms with E-state index in [0.717, 1.165) is 11.3 Å². The number of hydrogen-bond acceptors (Lipinski definition) is 4. The van der Waals surface area contributed by atoms with Crippen LogP contribution >= 0.6 is 11.6 Å². The molecular weight excluding hydrogens is 328 g/mol. The summed E-state index contributed by atoms with van der Waals surface area (Å²) >= 11 is 5.69. The Morgan fingerprint density at radius 1 is 1.21 bits per heavy atom. The van der Waals surface area contributed by atoms with Crippen molar-refractivity contribution in [1.29, 1.82) is 0 Å². The van der Waals surface area contributed by atoms with Crippen LogP contribution in [0.5, 0.6) is 0 Å². The fourth-order valence-electron chi connectivity index (χ4n) is 2.25. The molecule has 2 aromatic heterocycles. The third-order valence-corrected chi connectivity index (χ3v) is 3.74. The van der Waals surface area contributed by atoms with E-state index in [4.69, 9.17) is 16.0 Å². The van der Waals surface area contributed by atoms with Crippen LogP contribution in [0.25, 0.3) is 0 Å². The molecule has 0 atom stereocenters. The molecule has 0 fully saturated rings. The Morgan fingerprint density at radius 2 is 1.96 bits per heavy atom. The van der Waals surface area contributed by atoms with Crippen molar-refractivity contribution in [2.24, 2.45) is 0 Å². The second kappa shape index (κ2) is 6.80. The highest BCUT2D eigenvalue weighted by atomic mass is 35.5. The summed E-state index contributed by atoms with van der Waals surface area (Å²) in [5.41, 5.74) is 2.21. The normalized spacial score (nSPS) is 10.6. The highest BCUT2D eigenvalue weighted by molar-refractivity contribution is 6.29. The lowest BCUT2D eigenvalue weighted by Crippen LogP contribution is -2.15. The molecule has 0 unspecified atom stereocenters. The van der Waals surface area contributed by atoms with Gasteiger partial charge in [-0.1, -0.05) is 12.1 Å². The summed E-state index contributed by atoms with van der Waals surface area (Å²) in [5, 5.41) is 7.20. The van der Waals surface area contributed by atoms with Gasteiger partial charge in [-0.25, -0.2) is 4.68 Å². The van der Waals surface area contributed by atoms with Gasteiger partial charge >= 0.3 is 0 Å². The van der Waals surface area contributed by atoms with Crippen LogP contribution in [-0.4, -0.2) is 29.8 Å². The van der Waals surface area contributed by atoms with Gasteiger partial charge in [0.05, 0.1) is 12.7 Å². The van der Waals surface area contributed by atoms with Crippen LogP contribution in [0.4, 0.5) is 11.5 Å². The summed E-state index contributed by atoms with van der Waals surface area (Å²) in [5.74, 6) is 0.374. The minimum Gasteiger partial charge on any atom is -0.440 e. The number of carbonyl (C=O) groups is 1. The van der Waals surface area contributed by atoms with Crippen LogP contribution in [0, 0.1) is 0 Å². The lowest BCUT2D eigenvalue weighted by molar-refractivity contribution is 0.0996. The molecular formula is C17H17ClN4O2. The van der Waals surface area contributed by atoms with Gasteiger partial charge in [0.2, 0.25) is 0 Å². The molecule has 0 aliphatic heterocycles. The number of anilines is 2. The Kier molecular flexibility index (Phi) is 4.57. The van der Waals surface area contributed by atoms with Crippen molar-refractivity contribution in [1.82, 2.24) is 9.78 Å². The third-order valence-electron chi connectivity index (χ3n) is 3.54. The molecule has 6 nitrogen and oxygen atoms in total. The summed E-state index contributed by atoms with van der Waals surface area (Å²) in [6, 6.07) is 12.9. The van der Waals surface area contributed by atoms with Crippen molar-refractivity contribution in [3.8, 4) is 0 Å². The molecule has 124 valence electrons. The quantitative estimate of drug-likeness (QED) is 0.769. The lowest BCUT2D eigenvalue weighted by Gasteiger charge is -2.13. The fraction of sp³-hybridized carbons (Fsp3) is 0.176. The summed E-state index contributed by atoms with van der Waals surface area (Å²) in [6.07, 6.45) is 1.64. The molecule has 0 spiro atoms. The number of amides is 1. The molecule has 7 heteroatoms. The highest BCUT2D eigenvalue weighted by Gasteiger charge is 2.13. The minimum atomic E-state index is -0.369. The van der Waals surface area contributed by atoms with Crippen LogP contribution in [0.1, 0.15) is 16.1 Å². The Morgan fingerprint density at radius 3 is 2.58 bits per heavy atom. The second-order valence-corrected chi connectivity index (χ2v) is 5.87. The molecule has 2 heterocycles. The van der Waals surface area contributed by atoms with Crippen LogP contribution in [-0.2, 0) is 6.54 Å². The van der Waals surface area contributed by atoms with Gasteiger partial charge < -0.3 is 14.6 Å². The number of nitrogens with one attached hydrogen (secondary N) is 1. The van der Waals surface area contributed by atoms with E-state index < -0.39 is 0 Å². The zero-order valence-corrected chi connectivity index (χ0v) is 14.1. The summed E-state index contributed by atoms with van der Waals surface area (Å²) in [6.45, 7) is 0.551. The smallest absolute Gasteiger partial charge is 0.292 e. The van der Waals surface area contributed by atoms with Crippen molar-refractivity contribution in [3.05, 3.63) is 65.2 Å². The first kappa shape index (κ1) is 16.1. The van der Waals surface area contributed by atoms with Gasteiger partial charge in [-0.15, -0.1) is 0 Å². The maximum absolute atomic E-state index is 12.1. The van der Waals surface area contributed by atoms with E-state index in [9.17, 15) is 4.79 Å². The third kappa shape index (κ3) is 3.60. The largest absolute Gasteiger partial charge is 0.440 e. The molecule has 0 saturated heterocycles. The predicted octanol–water partition coefficient (Wildman–Crippen LogP) is 3.50. The maximum Gasteiger partial charge on any atom is 0.292 e. The van der Waals surface area contributed by atoms with Gasteiger partial charge in [0.25, 0.3) is 5.91 Å². The van der Waals surface area contributed by atoms with E-state index in [1.807, 2.05) is 43.3 Å². The summed E-state index contributed by atoms with van der Waals surface area (Å²) in [4.78, 5) is 14.2. The number of rotatable bonds is 5. The Balaban J connectivity index is 1.72. The van der Waals surface area contributed by atoms with Crippen molar-refractivity contribution >= 4 is 29.0 Å². The predicted molar refractivity (Wildman–Crippen MR) is 93.8 cm³/mol. The molecule has 24 heavy (non-hydrogen) atoms. The Labute approximate surface area is 144 Å². The van der Waals surface area contributed by atoms with Gasteiger partial charge in [0.1, 0.15) is 5.82 Å². The van der Waals surface area contributed by atoms with Crippen molar-refractivity contribution in [2.45, 2.75) is 6.54 Å². The van der Waals surface area contributed by atoms with E-state index in [-0.39, 0.29) is 16.9 Å². The van der Waals surface area contributed by atoms with E-state index in [1.165, 1.54) is 12.1 Å². The second-order valence-electron chi connectivity index (χ2n) is 5.49. The van der Waals surface area contributed by atoms with Crippen molar-refractivity contribution in [3.63, 3.8) is 0 Å². The zero-order chi connectivity index (χ0) is 17.1. The summed E-state index contributed by atoms with van der Waals surface area (Å²) in [7, 11) is 3.99. The molecule has 0 bridgehead atoms. The minimum absolute atomic E-state index is 0.156. The number of carbonyl (C=O) groups excluding carboxylic acids is 1. The van der Waals surface area contributed by atoms with Gasteiger partial charge in [0.15, 0.2) is 11.0 Å². The number of benzene rings is 1. The van der Waals surface area contributed by atoms with Gasteiger partial charge in [0, 0.05) is 25.8 Å². The number of hydrogen-bond donors (Lipinski definition) is 1. The van der Waals surface area contributed by atoms with Crippen LogP contribution < -0.4 is 10.2 Å². The number of furan rings is 1. The van der Waals surface area contributed by atoms with Crippen LogP contribution in [0.3, 0.4) is 0 Å². The first-order valence-corrected chi connectivity index (χ1v) is 7.75. The van der Waals surface area contributed by atoms with Crippen molar-refractivity contribution in [2.75, 3.05) is 24.3 Å². The molecule has 3 rings (SSSR count). The molecule has 0 saturated carbocycles. The van der Waals surface area contributed by atoms with E-state index in [0.29, 0.717) is 12.4 Å². The molecule has 1 N–H and O–H groups in total. The SMILES string of the molecule is CN(C)c1ccc(Cn2nccc2NC(=O)c2ccc(Cl)o2)cc1. The molecule has 0 aliphatic rings. The summed E-state index contributed by atoms with van der Waals surface area (Å²) < 4.78 is 6.82. The average molecular weight is 345 g/mol. The van der Waals surface area contributed by atoms with Crippen LogP contribution in [0.15, 0.2) is 53.1 Å². The Bertz CT molecular complexity index is 836. The number of nitrogens with zero attached hydrogens (tertiary/aromatic N) is 3. The molecule has 3 aromatic rings. The van der Waals surface area contributed by atoms with E-state index >= 15 is 0 Å². The average Bonchev–Trinajstić information content (AvgIpc) is 3.17. The molecule has 1 amide bonds. The number of halogens is 1. The van der Waals surface area contributed by atoms with Crippen LogP contribution in [0.2, 0.25) is 5.22 Å². The highest BCUT2D eigenvalue weighted by Crippen LogP contribution is 2.17. The monoisotopic (exact) mass is 344 g/mol. The molecule has 1 aromatic carbocycles. The topological polar surface area (TPSA) is 63.3 Å². The molecule has 0 radical (unpaired) electrons. The zero-order valence-electron chi connectivity index (χ0n) is 13.4. The first-order chi connectivity index (χ1) is 11.5. The standard InChI is InChI=1S/C17H17ClN4O2/c1-21(2)13-5-3-12(4-6-13)11-22-16(9-10-19-22)20-17(23)14-7-8-15(18)24-14/h3-10H,11H2,1-2H3,(H,20,23). The van der Waals surface area contributed by atoms with Gasteiger partial charge in [-0.3, -0.25) is 4.79 Å². The van der Waals surface area contributed by atoms with E-state index in [2.05, 4.69) is 10.4 Å². The fourth-order valence-corrected chi connectivity index (χ4v) is 2.40.